The summed E-state index contributed by atoms with van der Waals surface area (Å²) in [7, 11) is 0. The van der Waals surface area contributed by atoms with Gasteiger partial charge in [0.05, 0.1) is 25.7 Å². The predicted octanol–water partition coefficient (Wildman–Crippen LogP) is 1.35. The number of hydrogen-bond acceptors (Lipinski definition) is 4. The molecule has 0 aromatic heterocycles. The zero-order chi connectivity index (χ0) is 19.7. The van der Waals surface area contributed by atoms with Gasteiger partial charge in [-0.05, 0) is 56.3 Å². The molecular weight excluding hydrogens is 362 g/mol. The Morgan fingerprint density at radius 2 is 1.71 bits per heavy atom. The summed E-state index contributed by atoms with van der Waals surface area (Å²) in [4.78, 5) is 37.5. The largest absolute Gasteiger partial charge is 0.481 e. The Morgan fingerprint density at radius 1 is 1.07 bits per heavy atom. The molecule has 3 amide bonds. The highest BCUT2D eigenvalue weighted by Crippen LogP contribution is 2.55. The molecule has 4 saturated carbocycles. The van der Waals surface area contributed by atoms with Crippen LogP contribution in [0.5, 0.6) is 0 Å². The van der Waals surface area contributed by atoms with Crippen LogP contribution in [0.15, 0.2) is 0 Å². The Bertz CT molecular complexity index is 602. The minimum atomic E-state index is -0.943. The number of morpholine rings is 1. The Hall–Kier alpha value is -1.83. The second-order valence-corrected chi connectivity index (χ2v) is 9.24. The number of urea groups is 1. The fourth-order valence-corrected chi connectivity index (χ4v) is 6.33. The number of carbonyl (C=O) groups is 3. The quantitative estimate of drug-likeness (QED) is 0.631. The maximum absolute atomic E-state index is 12.5. The zero-order valence-corrected chi connectivity index (χ0v) is 16.3. The first-order valence-electron chi connectivity index (χ1n) is 10.6. The number of nitrogens with one attached hydrogen (secondary N) is 2. The summed E-state index contributed by atoms with van der Waals surface area (Å²) in [6, 6.07) is -0.613. The van der Waals surface area contributed by atoms with Crippen molar-refractivity contribution in [1.29, 1.82) is 0 Å². The highest BCUT2D eigenvalue weighted by atomic mass is 16.5. The van der Waals surface area contributed by atoms with Crippen LogP contribution in [0, 0.1) is 17.8 Å². The van der Waals surface area contributed by atoms with Crippen molar-refractivity contribution in [2.24, 2.45) is 17.8 Å². The number of aliphatic carboxylic acids is 1. The molecule has 8 heteroatoms. The first-order chi connectivity index (χ1) is 13.4. The molecule has 1 unspecified atom stereocenters. The van der Waals surface area contributed by atoms with Crippen LogP contribution in [-0.2, 0) is 14.3 Å². The van der Waals surface area contributed by atoms with Crippen molar-refractivity contribution in [2.45, 2.75) is 62.9 Å². The van der Waals surface area contributed by atoms with E-state index in [1.807, 2.05) is 0 Å². The van der Waals surface area contributed by atoms with Crippen molar-refractivity contribution in [3.63, 3.8) is 0 Å². The maximum atomic E-state index is 12.5. The number of hydrogen-bond donors (Lipinski definition) is 3. The van der Waals surface area contributed by atoms with Gasteiger partial charge in [-0.3, -0.25) is 9.59 Å². The van der Waals surface area contributed by atoms with Crippen LogP contribution >= 0.6 is 0 Å². The van der Waals surface area contributed by atoms with Crippen LogP contribution in [0.2, 0.25) is 0 Å². The average molecular weight is 393 g/mol. The number of carbonyl (C=O) groups excluding carboxylic acids is 2. The molecule has 5 aliphatic rings. The van der Waals surface area contributed by atoms with E-state index < -0.39 is 12.0 Å². The van der Waals surface area contributed by atoms with Crippen molar-refractivity contribution >= 4 is 17.9 Å². The van der Waals surface area contributed by atoms with Gasteiger partial charge in [0.2, 0.25) is 5.91 Å². The number of rotatable bonds is 6. The van der Waals surface area contributed by atoms with Gasteiger partial charge in [0.1, 0.15) is 0 Å². The number of amides is 3. The van der Waals surface area contributed by atoms with Gasteiger partial charge in [0.15, 0.2) is 0 Å². The Balaban J connectivity index is 1.23. The summed E-state index contributed by atoms with van der Waals surface area (Å²) in [5.74, 6) is 1.22. The monoisotopic (exact) mass is 393 g/mol. The Kier molecular flexibility index (Phi) is 5.49. The summed E-state index contributed by atoms with van der Waals surface area (Å²) in [5, 5.41) is 15.1. The summed E-state index contributed by atoms with van der Waals surface area (Å²) < 4.78 is 5.30. The van der Waals surface area contributed by atoms with Gasteiger partial charge >= 0.3 is 12.0 Å². The molecule has 5 rings (SSSR count). The molecule has 0 spiro atoms. The van der Waals surface area contributed by atoms with Gasteiger partial charge in [-0.1, -0.05) is 0 Å². The van der Waals surface area contributed by atoms with Crippen molar-refractivity contribution in [2.75, 3.05) is 26.3 Å². The van der Waals surface area contributed by atoms with Gasteiger partial charge < -0.3 is 25.4 Å². The fraction of sp³-hybridized carbons (Fsp3) is 0.850. The van der Waals surface area contributed by atoms with Crippen LogP contribution in [0.4, 0.5) is 4.79 Å². The molecule has 1 saturated heterocycles. The molecule has 0 aromatic carbocycles. The van der Waals surface area contributed by atoms with Gasteiger partial charge in [-0.15, -0.1) is 0 Å². The average Bonchev–Trinajstić information content (AvgIpc) is 2.59. The van der Waals surface area contributed by atoms with E-state index in [0.29, 0.717) is 13.2 Å². The molecule has 5 fully saturated rings. The molecule has 4 bridgehead atoms. The van der Waals surface area contributed by atoms with E-state index in [2.05, 4.69) is 10.6 Å². The van der Waals surface area contributed by atoms with Crippen LogP contribution in [0.3, 0.4) is 0 Å². The van der Waals surface area contributed by atoms with Gasteiger partial charge in [-0.2, -0.15) is 0 Å². The third-order valence-corrected chi connectivity index (χ3v) is 7.00. The van der Waals surface area contributed by atoms with Crippen LogP contribution in [0.25, 0.3) is 0 Å². The summed E-state index contributed by atoms with van der Waals surface area (Å²) in [6.45, 7) is 1.32. The van der Waals surface area contributed by atoms with Gasteiger partial charge in [-0.25, -0.2) is 4.79 Å². The molecule has 0 radical (unpaired) electrons. The lowest BCUT2D eigenvalue weighted by atomic mass is 9.53. The van der Waals surface area contributed by atoms with E-state index in [1.54, 1.807) is 4.90 Å². The first kappa shape index (κ1) is 19.5. The van der Waals surface area contributed by atoms with Gasteiger partial charge in [0, 0.05) is 25.0 Å². The zero-order valence-electron chi connectivity index (χ0n) is 16.3. The highest BCUT2D eigenvalue weighted by molar-refractivity contribution is 5.79. The summed E-state index contributed by atoms with van der Waals surface area (Å²) >= 11 is 0. The second kappa shape index (κ2) is 7.89. The van der Waals surface area contributed by atoms with Crippen molar-refractivity contribution in [3.8, 4) is 0 Å². The van der Waals surface area contributed by atoms with E-state index in [0.717, 1.165) is 37.0 Å². The molecule has 156 valence electrons. The topological polar surface area (TPSA) is 108 Å². The van der Waals surface area contributed by atoms with Crippen LogP contribution < -0.4 is 10.6 Å². The molecule has 3 N–H and O–H groups in total. The SMILES string of the molecule is O=C(O)CC1COCCN1C(=O)CCNC(=O)NC12CC3CC(CC(C3)C1)C2. The summed E-state index contributed by atoms with van der Waals surface area (Å²) in [6.07, 6.45) is 7.31. The normalized spacial score (nSPS) is 36.2. The van der Waals surface area contributed by atoms with Crippen molar-refractivity contribution in [3.05, 3.63) is 0 Å². The summed E-state index contributed by atoms with van der Waals surface area (Å²) in [5.41, 5.74) is -0.0420. The molecule has 1 atom stereocenters. The van der Waals surface area contributed by atoms with E-state index in [4.69, 9.17) is 9.84 Å². The molecule has 28 heavy (non-hydrogen) atoms. The van der Waals surface area contributed by atoms with Crippen LogP contribution in [-0.4, -0.2) is 65.8 Å². The number of ether oxygens (including phenoxy) is 1. The number of nitrogens with zero attached hydrogens (tertiary/aromatic N) is 1. The van der Waals surface area contributed by atoms with Gasteiger partial charge in [0.25, 0.3) is 0 Å². The molecule has 8 nitrogen and oxygen atoms in total. The second-order valence-electron chi connectivity index (χ2n) is 9.24. The van der Waals surface area contributed by atoms with E-state index in [-0.39, 0.29) is 43.5 Å². The maximum Gasteiger partial charge on any atom is 0.315 e. The smallest absolute Gasteiger partial charge is 0.315 e. The lowest BCUT2D eigenvalue weighted by Crippen LogP contribution is -2.61. The minimum absolute atomic E-state index is 0.0420. The van der Waals surface area contributed by atoms with E-state index in [9.17, 15) is 14.4 Å². The predicted molar refractivity (Wildman–Crippen MR) is 101 cm³/mol. The fourth-order valence-electron chi connectivity index (χ4n) is 6.33. The molecular formula is C20H31N3O5. The Morgan fingerprint density at radius 3 is 2.32 bits per heavy atom. The van der Waals surface area contributed by atoms with Crippen molar-refractivity contribution < 1.29 is 24.2 Å². The van der Waals surface area contributed by atoms with Crippen LogP contribution in [0.1, 0.15) is 51.4 Å². The molecule has 4 aliphatic carbocycles. The first-order valence-corrected chi connectivity index (χ1v) is 10.6. The highest BCUT2D eigenvalue weighted by Gasteiger charge is 2.51. The van der Waals surface area contributed by atoms with Crippen molar-refractivity contribution in [1.82, 2.24) is 15.5 Å². The number of carboxylic acids is 1. The Labute approximate surface area is 165 Å². The minimum Gasteiger partial charge on any atom is -0.481 e. The number of carboxylic acid groups (broad SMARTS) is 1. The molecule has 1 heterocycles. The lowest BCUT2D eigenvalue weighted by Gasteiger charge is -2.56. The standard InChI is InChI=1S/C20H31N3O5/c24-17(23-3-4-28-12-16(23)8-18(25)26)1-2-21-19(27)22-20-9-13-5-14(10-20)7-15(6-13)11-20/h13-16H,1-12H2,(H,25,26)(H2,21,22,27). The third-order valence-electron chi connectivity index (χ3n) is 7.00. The van der Waals surface area contributed by atoms with E-state index in [1.165, 1.54) is 19.3 Å². The third kappa shape index (κ3) is 4.26. The lowest BCUT2D eigenvalue weighted by molar-refractivity contribution is -0.146. The molecule has 0 aromatic rings. The van der Waals surface area contributed by atoms with E-state index >= 15 is 0 Å². The molecule has 1 aliphatic heterocycles.